The highest BCUT2D eigenvalue weighted by molar-refractivity contribution is 5.90. The molecule has 0 spiro atoms. The lowest BCUT2D eigenvalue weighted by atomic mass is 9.90. The monoisotopic (exact) mass is 268 g/mol. The molecule has 2 nitrogen and oxygen atoms in total. The van der Waals surface area contributed by atoms with E-state index in [-0.39, 0.29) is 5.97 Å². The van der Waals surface area contributed by atoms with Crippen LogP contribution < -0.4 is 0 Å². The Morgan fingerprint density at radius 1 is 1.10 bits per heavy atom. The lowest BCUT2D eigenvalue weighted by Gasteiger charge is -2.27. The van der Waals surface area contributed by atoms with E-state index in [9.17, 15) is 4.79 Å². The first kappa shape index (κ1) is 14.3. The van der Waals surface area contributed by atoms with Crippen molar-refractivity contribution in [2.45, 2.75) is 33.3 Å². The van der Waals surface area contributed by atoms with Crippen LogP contribution in [0.4, 0.5) is 0 Å². The van der Waals surface area contributed by atoms with Crippen LogP contribution in [0.1, 0.15) is 31.9 Å². The van der Waals surface area contributed by atoms with Gasteiger partial charge in [0.15, 0.2) is 0 Å². The van der Waals surface area contributed by atoms with E-state index in [1.165, 1.54) is 10.9 Å². The maximum atomic E-state index is 11.8. The van der Waals surface area contributed by atoms with Crippen molar-refractivity contribution in [2.24, 2.45) is 0 Å². The standard InChI is InChI=1S/C18H20O2/c1-12(2)17(19)20-18(4,5)16-11-10-13(3)14-8-6-7-9-15(14)16/h6-11H,1H2,2-5H3. The highest BCUT2D eigenvalue weighted by Crippen LogP contribution is 2.33. The van der Waals surface area contributed by atoms with Gasteiger partial charge >= 0.3 is 5.97 Å². The largest absolute Gasteiger partial charge is 0.451 e. The predicted molar refractivity (Wildman–Crippen MR) is 82.6 cm³/mol. The molecule has 0 aromatic heterocycles. The summed E-state index contributed by atoms with van der Waals surface area (Å²) in [5, 5.41) is 2.30. The van der Waals surface area contributed by atoms with Crippen LogP contribution in [0.3, 0.4) is 0 Å². The number of fused-ring (bicyclic) bond motifs is 1. The van der Waals surface area contributed by atoms with Crippen molar-refractivity contribution in [1.29, 1.82) is 0 Å². The van der Waals surface area contributed by atoms with Crippen LogP contribution in [-0.4, -0.2) is 5.97 Å². The van der Waals surface area contributed by atoms with Crippen molar-refractivity contribution < 1.29 is 9.53 Å². The van der Waals surface area contributed by atoms with E-state index in [4.69, 9.17) is 4.74 Å². The Hall–Kier alpha value is -2.09. The van der Waals surface area contributed by atoms with Gasteiger partial charge in [-0.2, -0.15) is 0 Å². The van der Waals surface area contributed by atoms with Gasteiger partial charge in [-0.3, -0.25) is 0 Å². The summed E-state index contributed by atoms with van der Waals surface area (Å²) in [6.07, 6.45) is 0. The average molecular weight is 268 g/mol. The summed E-state index contributed by atoms with van der Waals surface area (Å²) in [6.45, 7) is 11.2. The van der Waals surface area contributed by atoms with E-state index in [0.29, 0.717) is 5.57 Å². The Bertz CT molecular complexity index is 681. The van der Waals surface area contributed by atoms with Crippen molar-refractivity contribution in [2.75, 3.05) is 0 Å². The SMILES string of the molecule is C=C(C)C(=O)OC(C)(C)c1ccc(C)c2ccccc12. The number of hydrogen-bond acceptors (Lipinski definition) is 2. The van der Waals surface area contributed by atoms with Gasteiger partial charge in [0, 0.05) is 11.1 Å². The molecule has 20 heavy (non-hydrogen) atoms. The summed E-state index contributed by atoms with van der Waals surface area (Å²) in [5.41, 5.74) is 1.94. The molecule has 0 aliphatic heterocycles. The number of benzene rings is 2. The average Bonchev–Trinajstić information content (AvgIpc) is 2.38. The fourth-order valence-corrected chi connectivity index (χ4v) is 2.35. The lowest BCUT2D eigenvalue weighted by molar-refractivity contribution is -0.152. The van der Waals surface area contributed by atoms with E-state index in [2.05, 4.69) is 31.7 Å². The normalized spacial score (nSPS) is 11.4. The molecule has 2 aromatic rings. The predicted octanol–water partition coefficient (Wildman–Crippen LogP) is 4.50. The first-order valence-electron chi connectivity index (χ1n) is 6.70. The third-order valence-corrected chi connectivity index (χ3v) is 3.49. The second kappa shape index (κ2) is 5.12. The maximum Gasteiger partial charge on any atom is 0.333 e. The molecule has 104 valence electrons. The molecule has 0 N–H and O–H groups in total. The van der Waals surface area contributed by atoms with E-state index < -0.39 is 5.60 Å². The number of carbonyl (C=O) groups is 1. The molecule has 0 heterocycles. The number of rotatable bonds is 3. The van der Waals surface area contributed by atoms with Gasteiger partial charge in [-0.15, -0.1) is 0 Å². The Balaban J connectivity index is 2.54. The van der Waals surface area contributed by atoms with Gasteiger partial charge in [0.2, 0.25) is 0 Å². The minimum absolute atomic E-state index is 0.361. The molecule has 0 saturated carbocycles. The summed E-state index contributed by atoms with van der Waals surface area (Å²) in [5.74, 6) is -0.361. The smallest absolute Gasteiger partial charge is 0.333 e. The van der Waals surface area contributed by atoms with Crippen LogP contribution in [0, 0.1) is 6.92 Å². The van der Waals surface area contributed by atoms with Gasteiger partial charge in [-0.25, -0.2) is 4.79 Å². The van der Waals surface area contributed by atoms with E-state index >= 15 is 0 Å². The zero-order valence-corrected chi connectivity index (χ0v) is 12.5. The molecule has 0 aliphatic carbocycles. The van der Waals surface area contributed by atoms with Crippen LogP contribution in [0.25, 0.3) is 10.8 Å². The summed E-state index contributed by atoms with van der Waals surface area (Å²) in [6, 6.07) is 12.3. The minimum Gasteiger partial charge on any atom is -0.451 e. The topological polar surface area (TPSA) is 26.3 Å². The molecule has 0 bridgehead atoms. The molecule has 0 saturated heterocycles. The molecule has 0 amide bonds. The van der Waals surface area contributed by atoms with Gasteiger partial charge in [0.25, 0.3) is 0 Å². The van der Waals surface area contributed by atoms with Crippen LogP contribution in [0.15, 0.2) is 48.6 Å². The fourth-order valence-electron chi connectivity index (χ4n) is 2.35. The summed E-state index contributed by atoms with van der Waals surface area (Å²) in [4.78, 5) is 11.8. The molecule has 2 rings (SSSR count). The quantitative estimate of drug-likeness (QED) is 0.605. The molecule has 2 heteroatoms. The minimum atomic E-state index is -0.691. The fraction of sp³-hybridized carbons (Fsp3) is 0.278. The van der Waals surface area contributed by atoms with E-state index in [1.807, 2.05) is 32.0 Å². The maximum absolute atomic E-state index is 11.8. The zero-order valence-electron chi connectivity index (χ0n) is 12.5. The number of esters is 1. The molecule has 0 radical (unpaired) electrons. The van der Waals surface area contributed by atoms with Gasteiger partial charge in [-0.1, -0.05) is 43.0 Å². The Labute approximate surface area is 120 Å². The van der Waals surface area contributed by atoms with Crippen LogP contribution in [-0.2, 0) is 15.1 Å². The molecule has 0 unspecified atom stereocenters. The molecule has 0 fully saturated rings. The van der Waals surface area contributed by atoms with Crippen LogP contribution >= 0.6 is 0 Å². The summed E-state index contributed by atoms with van der Waals surface area (Å²) in [7, 11) is 0. The first-order valence-corrected chi connectivity index (χ1v) is 6.70. The first-order chi connectivity index (χ1) is 9.33. The van der Waals surface area contributed by atoms with E-state index in [1.54, 1.807) is 6.92 Å². The third-order valence-electron chi connectivity index (χ3n) is 3.49. The molecule has 2 aromatic carbocycles. The lowest BCUT2D eigenvalue weighted by Crippen LogP contribution is -2.26. The molecule has 0 atom stereocenters. The summed E-state index contributed by atoms with van der Waals surface area (Å²) < 4.78 is 5.59. The van der Waals surface area contributed by atoms with Crippen molar-refractivity contribution in [3.05, 3.63) is 59.7 Å². The van der Waals surface area contributed by atoms with Crippen molar-refractivity contribution >= 4 is 16.7 Å². The molecule has 0 aliphatic rings. The van der Waals surface area contributed by atoms with Crippen molar-refractivity contribution in [3.63, 3.8) is 0 Å². The summed E-state index contributed by atoms with van der Waals surface area (Å²) >= 11 is 0. The van der Waals surface area contributed by atoms with E-state index in [0.717, 1.165) is 10.9 Å². The number of carbonyl (C=O) groups excluding carboxylic acids is 1. The Morgan fingerprint density at radius 2 is 1.70 bits per heavy atom. The van der Waals surface area contributed by atoms with Gasteiger partial charge in [0.05, 0.1) is 0 Å². The Kier molecular flexibility index (Phi) is 3.67. The second-order valence-electron chi connectivity index (χ2n) is 5.66. The van der Waals surface area contributed by atoms with Crippen LogP contribution in [0.5, 0.6) is 0 Å². The number of ether oxygens (including phenoxy) is 1. The van der Waals surface area contributed by atoms with Crippen LogP contribution in [0.2, 0.25) is 0 Å². The highest BCUT2D eigenvalue weighted by atomic mass is 16.6. The third kappa shape index (κ3) is 2.60. The second-order valence-corrected chi connectivity index (χ2v) is 5.66. The van der Waals surface area contributed by atoms with Gasteiger partial charge in [-0.05, 0) is 44.0 Å². The molecular weight excluding hydrogens is 248 g/mol. The van der Waals surface area contributed by atoms with Crippen molar-refractivity contribution in [1.82, 2.24) is 0 Å². The van der Waals surface area contributed by atoms with Crippen molar-refractivity contribution in [3.8, 4) is 0 Å². The number of aryl methyl sites for hydroxylation is 1. The zero-order chi connectivity index (χ0) is 14.9. The van der Waals surface area contributed by atoms with Gasteiger partial charge < -0.3 is 4.74 Å². The van der Waals surface area contributed by atoms with Gasteiger partial charge in [0.1, 0.15) is 5.60 Å². The Morgan fingerprint density at radius 3 is 2.30 bits per heavy atom. The highest BCUT2D eigenvalue weighted by Gasteiger charge is 2.27. The number of hydrogen-bond donors (Lipinski definition) is 0. The molecular formula is C18H20O2.